The van der Waals surface area contributed by atoms with Gasteiger partial charge in [-0.25, -0.2) is 0 Å². The first-order valence-corrected chi connectivity index (χ1v) is 6.52. The summed E-state index contributed by atoms with van der Waals surface area (Å²) in [4.78, 5) is 12.3. The van der Waals surface area contributed by atoms with Crippen LogP contribution in [0.25, 0.3) is 0 Å². The number of carbonyl (C=O) groups excluding carboxylic acids is 1. The van der Waals surface area contributed by atoms with Gasteiger partial charge in [0, 0.05) is 12.6 Å². The minimum Gasteiger partial charge on any atom is -0.374 e. The Morgan fingerprint density at radius 1 is 1.44 bits per heavy atom. The number of carbonyl (C=O) groups is 1. The van der Waals surface area contributed by atoms with Gasteiger partial charge in [0.05, 0.1) is 23.8 Å². The van der Waals surface area contributed by atoms with Crippen molar-refractivity contribution in [2.75, 3.05) is 5.32 Å². The van der Waals surface area contributed by atoms with E-state index in [1.54, 1.807) is 4.68 Å². The van der Waals surface area contributed by atoms with Crippen LogP contribution in [0.3, 0.4) is 0 Å². The first-order valence-electron chi connectivity index (χ1n) is 6.52. The SMILES string of the molecule is Cc1nn(C)c(NC(=O)C2CC3CCC2O3)c1C. The van der Waals surface area contributed by atoms with Gasteiger partial charge in [-0.15, -0.1) is 0 Å². The molecule has 1 N–H and O–H groups in total. The molecule has 0 aliphatic carbocycles. The highest BCUT2D eigenvalue weighted by Gasteiger charge is 2.44. The van der Waals surface area contributed by atoms with Crippen LogP contribution in [0.4, 0.5) is 5.82 Å². The van der Waals surface area contributed by atoms with E-state index in [-0.39, 0.29) is 17.9 Å². The maximum Gasteiger partial charge on any atom is 0.231 e. The fourth-order valence-electron chi connectivity index (χ4n) is 3.06. The Kier molecular flexibility index (Phi) is 2.66. The number of nitrogens with one attached hydrogen (secondary N) is 1. The van der Waals surface area contributed by atoms with Crippen molar-refractivity contribution in [3.8, 4) is 0 Å². The van der Waals surface area contributed by atoms with Crippen molar-refractivity contribution in [2.45, 2.75) is 45.3 Å². The zero-order chi connectivity index (χ0) is 12.9. The number of anilines is 1. The minimum atomic E-state index is 0.0124. The summed E-state index contributed by atoms with van der Waals surface area (Å²) in [6, 6.07) is 0. The normalized spacial score (nSPS) is 29.8. The Morgan fingerprint density at radius 2 is 2.22 bits per heavy atom. The summed E-state index contributed by atoms with van der Waals surface area (Å²) < 4.78 is 7.46. The molecule has 1 amide bonds. The molecule has 5 nitrogen and oxygen atoms in total. The molecule has 18 heavy (non-hydrogen) atoms. The summed E-state index contributed by atoms with van der Waals surface area (Å²) in [5.41, 5.74) is 1.99. The second kappa shape index (κ2) is 4.09. The lowest BCUT2D eigenvalue weighted by atomic mass is 9.88. The highest BCUT2D eigenvalue weighted by atomic mass is 16.5. The summed E-state index contributed by atoms with van der Waals surface area (Å²) in [6.07, 6.45) is 3.43. The van der Waals surface area contributed by atoms with E-state index in [2.05, 4.69) is 10.4 Å². The smallest absolute Gasteiger partial charge is 0.231 e. The topological polar surface area (TPSA) is 56.2 Å². The van der Waals surface area contributed by atoms with Crippen LogP contribution in [0.2, 0.25) is 0 Å². The van der Waals surface area contributed by atoms with Crippen LogP contribution in [0, 0.1) is 19.8 Å². The molecule has 0 spiro atoms. The molecule has 0 saturated carbocycles. The lowest BCUT2D eigenvalue weighted by Crippen LogP contribution is -2.31. The molecule has 0 aromatic carbocycles. The molecule has 2 bridgehead atoms. The number of hydrogen-bond donors (Lipinski definition) is 1. The summed E-state index contributed by atoms with van der Waals surface area (Å²) in [5, 5.41) is 7.32. The number of ether oxygens (including phenoxy) is 1. The Morgan fingerprint density at radius 3 is 2.72 bits per heavy atom. The van der Waals surface area contributed by atoms with E-state index in [4.69, 9.17) is 4.74 Å². The molecule has 5 heteroatoms. The van der Waals surface area contributed by atoms with E-state index < -0.39 is 0 Å². The van der Waals surface area contributed by atoms with E-state index in [0.717, 1.165) is 36.3 Å². The van der Waals surface area contributed by atoms with Crippen LogP contribution in [-0.2, 0) is 16.6 Å². The Balaban J connectivity index is 1.75. The van der Waals surface area contributed by atoms with Crippen LogP contribution in [-0.4, -0.2) is 27.9 Å². The van der Waals surface area contributed by atoms with Gasteiger partial charge < -0.3 is 10.1 Å². The number of fused-ring (bicyclic) bond motifs is 2. The molecule has 3 unspecified atom stereocenters. The van der Waals surface area contributed by atoms with Crippen molar-refractivity contribution < 1.29 is 9.53 Å². The van der Waals surface area contributed by atoms with E-state index in [0.29, 0.717) is 6.10 Å². The number of amides is 1. The molecule has 0 radical (unpaired) electrons. The molecule has 2 saturated heterocycles. The van der Waals surface area contributed by atoms with Crippen LogP contribution < -0.4 is 5.32 Å². The zero-order valence-electron chi connectivity index (χ0n) is 11.1. The fraction of sp³-hybridized carbons (Fsp3) is 0.692. The number of nitrogens with zero attached hydrogens (tertiary/aromatic N) is 2. The first kappa shape index (κ1) is 11.7. The zero-order valence-corrected chi connectivity index (χ0v) is 11.1. The fourth-order valence-corrected chi connectivity index (χ4v) is 3.06. The van der Waals surface area contributed by atoms with Crippen molar-refractivity contribution in [1.82, 2.24) is 9.78 Å². The second-order valence-corrected chi connectivity index (χ2v) is 5.39. The monoisotopic (exact) mass is 249 g/mol. The van der Waals surface area contributed by atoms with Crippen LogP contribution >= 0.6 is 0 Å². The van der Waals surface area contributed by atoms with E-state index in [1.165, 1.54) is 0 Å². The summed E-state index contributed by atoms with van der Waals surface area (Å²) in [7, 11) is 1.85. The lowest BCUT2D eigenvalue weighted by molar-refractivity contribution is -0.121. The van der Waals surface area contributed by atoms with Gasteiger partial charge in [-0.1, -0.05) is 0 Å². The van der Waals surface area contributed by atoms with Gasteiger partial charge in [0.25, 0.3) is 0 Å². The largest absolute Gasteiger partial charge is 0.374 e. The second-order valence-electron chi connectivity index (χ2n) is 5.39. The molecule has 2 aliphatic rings. The third-order valence-electron chi connectivity index (χ3n) is 4.21. The molecule has 3 atom stereocenters. The van der Waals surface area contributed by atoms with E-state index in [1.807, 2.05) is 20.9 Å². The predicted octanol–water partition coefficient (Wildman–Crippen LogP) is 1.54. The lowest BCUT2D eigenvalue weighted by Gasteiger charge is -2.18. The molecule has 98 valence electrons. The van der Waals surface area contributed by atoms with Crippen molar-refractivity contribution in [1.29, 1.82) is 0 Å². The Labute approximate surface area is 107 Å². The van der Waals surface area contributed by atoms with Gasteiger partial charge >= 0.3 is 0 Å². The van der Waals surface area contributed by atoms with Crippen molar-refractivity contribution >= 4 is 11.7 Å². The van der Waals surface area contributed by atoms with Crippen LogP contribution in [0.5, 0.6) is 0 Å². The third-order valence-corrected chi connectivity index (χ3v) is 4.21. The molecule has 3 rings (SSSR count). The molecule has 2 fully saturated rings. The summed E-state index contributed by atoms with van der Waals surface area (Å²) in [5.74, 6) is 0.895. The average molecular weight is 249 g/mol. The van der Waals surface area contributed by atoms with E-state index >= 15 is 0 Å². The highest BCUT2D eigenvalue weighted by Crippen LogP contribution is 2.39. The number of aromatic nitrogens is 2. The third kappa shape index (κ3) is 1.73. The predicted molar refractivity (Wildman–Crippen MR) is 67.3 cm³/mol. The summed E-state index contributed by atoms with van der Waals surface area (Å²) >= 11 is 0. The molecule has 1 aromatic heterocycles. The van der Waals surface area contributed by atoms with Crippen molar-refractivity contribution in [3.05, 3.63) is 11.3 Å². The van der Waals surface area contributed by atoms with Gasteiger partial charge in [-0.2, -0.15) is 5.10 Å². The first-order chi connectivity index (χ1) is 8.56. The molecule has 2 aliphatic heterocycles. The van der Waals surface area contributed by atoms with Gasteiger partial charge in [0.2, 0.25) is 5.91 Å². The van der Waals surface area contributed by atoms with Gasteiger partial charge in [0.1, 0.15) is 5.82 Å². The number of rotatable bonds is 2. The molecular weight excluding hydrogens is 230 g/mol. The standard InChI is InChI=1S/C13H19N3O2/c1-7-8(2)15-16(3)12(7)14-13(17)10-6-9-4-5-11(10)18-9/h9-11H,4-6H2,1-3H3,(H,14,17). The molecular formula is C13H19N3O2. The summed E-state index contributed by atoms with van der Waals surface area (Å²) in [6.45, 7) is 3.93. The quantitative estimate of drug-likeness (QED) is 0.865. The molecule has 1 aromatic rings. The van der Waals surface area contributed by atoms with Crippen LogP contribution in [0.15, 0.2) is 0 Å². The maximum absolute atomic E-state index is 12.3. The number of hydrogen-bond acceptors (Lipinski definition) is 3. The average Bonchev–Trinajstić information content (AvgIpc) is 3.00. The maximum atomic E-state index is 12.3. The van der Waals surface area contributed by atoms with Gasteiger partial charge in [-0.3, -0.25) is 9.48 Å². The van der Waals surface area contributed by atoms with Crippen molar-refractivity contribution in [2.24, 2.45) is 13.0 Å². The Bertz CT molecular complexity index is 495. The van der Waals surface area contributed by atoms with E-state index in [9.17, 15) is 4.79 Å². The van der Waals surface area contributed by atoms with Crippen LogP contribution in [0.1, 0.15) is 30.5 Å². The highest BCUT2D eigenvalue weighted by molar-refractivity contribution is 5.93. The minimum absolute atomic E-state index is 0.0124. The van der Waals surface area contributed by atoms with Gasteiger partial charge in [-0.05, 0) is 33.1 Å². The van der Waals surface area contributed by atoms with Crippen molar-refractivity contribution in [3.63, 3.8) is 0 Å². The van der Waals surface area contributed by atoms with Gasteiger partial charge in [0.15, 0.2) is 0 Å². The molecule has 3 heterocycles. The Hall–Kier alpha value is -1.36. The number of aryl methyl sites for hydroxylation is 2.